The van der Waals surface area contributed by atoms with Gasteiger partial charge in [0.2, 0.25) is 0 Å². The van der Waals surface area contributed by atoms with E-state index in [-0.39, 0.29) is 12.0 Å². The van der Waals surface area contributed by atoms with E-state index in [2.05, 4.69) is 35.6 Å². The van der Waals surface area contributed by atoms with E-state index in [0.29, 0.717) is 17.4 Å². The summed E-state index contributed by atoms with van der Waals surface area (Å²) in [6, 6.07) is 3.74. The minimum Gasteiger partial charge on any atom is -0.429 e. The maximum atomic E-state index is 12.2. The molecule has 1 aliphatic carbocycles. The monoisotopic (exact) mass is 378 g/mol. The van der Waals surface area contributed by atoms with Gasteiger partial charge in [0.25, 0.3) is 0 Å². The lowest BCUT2D eigenvalue weighted by molar-refractivity contribution is -0.453. The SMILES string of the molecule is Cc1cc(C)c(C(=O)OOOC(=O)OC2CC(C)CCC2C(C)C)c(C)c1. The molecule has 0 aliphatic heterocycles. The molecule has 1 aromatic carbocycles. The molecule has 0 bridgehead atoms. The van der Waals surface area contributed by atoms with Crippen LogP contribution in [0.1, 0.15) is 67.1 Å². The number of ether oxygens (including phenoxy) is 1. The van der Waals surface area contributed by atoms with E-state index >= 15 is 0 Å². The van der Waals surface area contributed by atoms with Gasteiger partial charge < -0.3 is 4.74 Å². The molecular formula is C21H30O6. The topological polar surface area (TPSA) is 71.1 Å². The number of hydrogen-bond donors (Lipinski definition) is 0. The Labute approximate surface area is 161 Å². The number of aryl methyl sites for hydroxylation is 3. The smallest absolute Gasteiger partial charge is 0.429 e. The van der Waals surface area contributed by atoms with Crippen molar-refractivity contribution in [2.24, 2.45) is 17.8 Å². The number of hydrogen-bond acceptors (Lipinski definition) is 6. The molecule has 0 aromatic heterocycles. The van der Waals surface area contributed by atoms with E-state index < -0.39 is 12.1 Å². The van der Waals surface area contributed by atoms with Gasteiger partial charge in [0.05, 0.1) is 10.6 Å². The Morgan fingerprint density at radius 3 is 2.26 bits per heavy atom. The van der Waals surface area contributed by atoms with Crippen LogP contribution in [0.3, 0.4) is 0 Å². The van der Waals surface area contributed by atoms with E-state index in [0.717, 1.165) is 36.0 Å². The zero-order valence-corrected chi connectivity index (χ0v) is 17.0. The van der Waals surface area contributed by atoms with Gasteiger partial charge in [0.15, 0.2) is 0 Å². The van der Waals surface area contributed by atoms with Gasteiger partial charge >= 0.3 is 12.1 Å². The Balaban J connectivity index is 1.86. The third-order valence-corrected chi connectivity index (χ3v) is 5.30. The van der Waals surface area contributed by atoms with Gasteiger partial charge in [-0.2, -0.15) is 0 Å². The Bertz CT molecular complexity index is 658. The number of carbonyl (C=O) groups excluding carboxylic acids is 2. The summed E-state index contributed by atoms with van der Waals surface area (Å²) in [6.07, 6.45) is 1.71. The summed E-state index contributed by atoms with van der Waals surface area (Å²) < 4.78 is 5.41. The van der Waals surface area contributed by atoms with Crippen LogP contribution in [0.4, 0.5) is 4.79 Å². The average Bonchev–Trinajstić information content (AvgIpc) is 2.53. The second-order valence-electron chi connectivity index (χ2n) is 8.03. The van der Waals surface area contributed by atoms with Crippen LogP contribution >= 0.6 is 0 Å². The normalized spacial score (nSPS) is 22.4. The molecule has 0 N–H and O–H groups in total. The highest BCUT2D eigenvalue weighted by Gasteiger charge is 2.34. The molecule has 2 rings (SSSR count). The predicted octanol–water partition coefficient (Wildman–Crippen LogP) is 5.23. The van der Waals surface area contributed by atoms with Crippen molar-refractivity contribution >= 4 is 12.1 Å². The highest BCUT2D eigenvalue weighted by Crippen LogP contribution is 2.35. The number of rotatable bonds is 5. The molecule has 1 saturated carbocycles. The van der Waals surface area contributed by atoms with Gasteiger partial charge in [-0.1, -0.05) is 44.9 Å². The van der Waals surface area contributed by atoms with Crippen LogP contribution in [-0.2, 0) is 19.6 Å². The van der Waals surface area contributed by atoms with Crippen molar-refractivity contribution in [3.8, 4) is 0 Å². The first kappa shape index (κ1) is 21.2. The van der Waals surface area contributed by atoms with Crippen LogP contribution in [-0.4, -0.2) is 18.2 Å². The molecule has 1 fully saturated rings. The Kier molecular flexibility index (Phi) is 7.25. The first-order valence-electron chi connectivity index (χ1n) is 9.53. The number of benzene rings is 1. The summed E-state index contributed by atoms with van der Waals surface area (Å²) in [5, 5.41) is 4.39. The molecule has 0 heterocycles. The van der Waals surface area contributed by atoms with E-state index in [9.17, 15) is 9.59 Å². The van der Waals surface area contributed by atoms with E-state index in [4.69, 9.17) is 4.74 Å². The van der Waals surface area contributed by atoms with Crippen LogP contribution in [0.15, 0.2) is 12.1 Å². The summed E-state index contributed by atoms with van der Waals surface area (Å²) in [5.41, 5.74) is 2.96. The van der Waals surface area contributed by atoms with Crippen molar-refractivity contribution in [3.05, 3.63) is 34.4 Å². The molecule has 1 aliphatic rings. The maximum Gasteiger partial charge on any atom is 0.543 e. The molecule has 0 radical (unpaired) electrons. The van der Waals surface area contributed by atoms with E-state index in [1.165, 1.54) is 0 Å². The predicted molar refractivity (Wildman–Crippen MR) is 99.9 cm³/mol. The Morgan fingerprint density at radius 2 is 1.67 bits per heavy atom. The van der Waals surface area contributed by atoms with Gasteiger partial charge in [-0.3, -0.25) is 4.89 Å². The average molecular weight is 378 g/mol. The van der Waals surface area contributed by atoms with Crippen molar-refractivity contribution in [2.75, 3.05) is 0 Å². The molecule has 6 heteroatoms. The van der Waals surface area contributed by atoms with Crippen LogP contribution in [0.5, 0.6) is 0 Å². The first-order valence-corrected chi connectivity index (χ1v) is 9.53. The highest BCUT2D eigenvalue weighted by atomic mass is 17.5. The largest absolute Gasteiger partial charge is 0.543 e. The molecule has 150 valence electrons. The van der Waals surface area contributed by atoms with E-state index in [1.807, 2.05) is 32.9 Å². The van der Waals surface area contributed by atoms with Gasteiger partial charge in [-0.05, 0) is 62.5 Å². The Hall–Kier alpha value is -2.08. The summed E-state index contributed by atoms with van der Waals surface area (Å²) >= 11 is 0. The van der Waals surface area contributed by atoms with Crippen LogP contribution in [0, 0.1) is 38.5 Å². The molecule has 0 spiro atoms. The molecular weight excluding hydrogens is 348 g/mol. The quantitative estimate of drug-likeness (QED) is 0.397. The zero-order valence-electron chi connectivity index (χ0n) is 17.0. The summed E-state index contributed by atoms with van der Waals surface area (Å²) in [5.74, 6) is 0.462. The van der Waals surface area contributed by atoms with Gasteiger partial charge in [-0.25, -0.2) is 14.5 Å². The fourth-order valence-electron chi connectivity index (χ4n) is 4.01. The van der Waals surface area contributed by atoms with E-state index in [1.54, 1.807) is 0 Å². The molecule has 27 heavy (non-hydrogen) atoms. The Morgan fingerprint density at radius 1 is 1.04 bits per heavy atom. The lowest BCUT2D eigenvalue weighted by atomic mass is 9.75. The minimum atomic E-state index is -0.995. The molecule has 1 aromatic rings. The van der Waals surface area contributed by atoms with Gasteiger partial charge in [-0.15, -0.1) is 0 Å². The van der Waals surface area contributed by atoms with Gasteiger partial charge in [0, 0.05) is 0 Å². The lowest BCUT2D eigenvalue weighted by Crippen LogP contribution is -2.36. The lowest BCUT2D eigenvalue weighted by Gasteiger charge is -2.36. The standard InChI is InChI=1S/C21H30O6/c1-12(2)17-8-7-13(3)11-18(17)24-21(23)26-27-25-20(22)19-15(5)9-14(4)10-16(19)6/h9-10,12-13,17-18H,7-8,11H2,1-6H3. The van der Waals surface area contributed by atoms with Crippen molar-refractivity contribution in [1.29, 1.82) is 0 Å². The third-order valence-electron chi connectivity index (χ3n) is 5.30. The van der Waals surface area contributed by atoms with Gasteiger partial charge in [0.1, 0.15) is 6.10 Å². The van der Waals surface area contributed by atoms with Crippen molar-refractivity contribution < 1.29 is 29.1 Å². The summed E-state index contributed by atoms with van der Waals surface area (Å²) in [6.45, 7) is 11.9. The summed E-state index contributed by atoms with van der Waals surface area (Å²) in [4.78, 5) is 33.2. The van der Waals surface area contributed by atoms with Crippen LogP contribution < -0.4 is 0 Å². The third kappa shape index (κ3) is 5.70. The highest BCUT2D eigenvalue weighted by molar-refractivity contribution is 5.92. The second kappa shape index (κ2) is 9.22. The van der Waals surface area contributed by atoms with Crippen LogP contribution in [0.25, 0.3) is 0 Å². The van der Waals surface area contributed by atoms with Crippen molar-refractivity contribution in [2.45, 2.75) is 66.9 Å². The minimum absolute atomic E-state index is 0.220. The molecule has 0 saturated heterocycles. The van der Waals surface area contributed by atoms with Crippen LogP contribution in [0.2, 0.25) is 0 Å². The first-order chi connectivity index (χ1) is 12.7. The van der Waals surface area contributed by atoms with Crippen molar-refractivity contribution in [3.63, 3.8) is 0 Å². The molecule has 0 amide bonds. The molecule has 3 unspecified atom stereocenters. The number of carbonyl (C=O) groups is 2. The fourth-order valence-corrected chi connectivity index (χ4v) is 4.01. The maximum absolute atomic E-state index is 12.2. The summed E-state index contributed by atoms with van der Waals surface area (Å²) in [7, 11) is 0. The van der Waals surface area contributed by atoms with Crippen molar-refractivity contribution in [1.82, 2.24) is 0 Å². The second-order valence-corrected chi connectivity index (χ2v) is 8.03. The molecule has 3 atom stereocenters. The zero-order chi connectivity index (χ0) is 20.1. The fraction of sp³-hybridized carbons (Fsp3) is 0.619. The molecule has 6 nitrogen and oxygen atoms in total.